The van der Waals surface area contributed by atoms with E-state index < -0.39 is 0 Å². The topological polar surface area (TPSA) is 59.8 Å². The number of aryl methyl sites for hydroxylation is 2. The van der Waals surface area contributed by atoms with E-state index in [0.29, 0.717) is 0 Å². The zero-order valence-corrected chi connectivity index (χ0v) is 18.7. The number of amides is 1. The van der Waals surface area contributed by atoms with Crippen molar-refractivity contribution in [1.82, 2.24) is 14.8 Å². The Morgan fingerprint density at radius 1 is 1.03 bits per heavy atom. The van der Waals surface area contributed by atoms with Gasteiger partial charge in [0.15, 0.2) is 11.0 Å². The minimum absolute atomic E-state index is 0.0580. The van der Waals surface area contributed by atoms with Gasteiger partial charge in [0.05, 0.1) is 5.75 Å². The lowest BCUT2D eigenvalue weighted by atomic mass is 9.87. The van der Waals surface area contributed by atoms with Crippen molar-refractivity contribution in [2.75, 3.05) is 11.1 Å². The molecule has 2 aromatic carbocycles. The molecule has 6 heteroatoms. The van der Waals surface area contributed by atoms with Crippen LogP contribution in [0.25, 0.3) is 11.4 Å². The summed E-state index contributed by atoms with van der Waals surface area (Å²) >= 11 is 1.38. The van der Waals surface area contributed by atoms with Crippen molar-refractivity contribution in [2.24, 2.45) is 7.05 Å². The van der Waals surface area contributed by atoms with Crippen molar-refractivity contribution in [3.63, 3.8) is 0 Å². The molecule has 0 radical (unpaired) electrons. The first kappa shape index (κ1) is 21.1. The monoisotopic (exact) mass is 408 g/mol. The van der Waals surface area contributed by atoms with Gasteiger partial charge in [0.25, 0.3) is 0 Å². The predicted octanol–water partition coefficient (Wildman–Crippen LogP) is 5.13. The highest BCUT2D eigenvalue weighted by molar-refractivity contribution is 7.99. The highest BCUT2D eigenvalue weighted by atomic mass is 32.2. The molecule has 0 saturated carbocycles. The second-order valence-corrected chi connectivity index (χ2v) is 9.27. The Bertz CT molecular complexity index is 1020. The van der Waals surface area contributed by atoms with Crippen LogP contribution in [0.1, 0.15) is 37.5 Å². The minimum Gasteiger partial charge on any atom is -0.325 e. The summed E-state index contributed by atoms with van der Waals surface area (Å²) in [4.78, 5) is 12.3. The summed E-state index contributed by atoms with van der Waals surface area (Å²) in [7, 11) is 1.93. The number of thioether (sulfide) groups is 1. The van der Waals surface area contributed by atoms with Gasteiger partial charge < -0.3 is 9.88 Å². The number of hydrogen-bond donors (Lipinski definition) is 1. The summed E-state index contributed by atoms with van der Waals surface area (Å²) in [6, 6.07) is 14.3. The molecule has 0 atom stereocenters. The van der Waals surface area contributed by atoms with E-state index in [2.05, 4.69) is 67.5 Å². The van der Waals surface area contributed by atoms with Gasteiger partial charge in [-0.25, -0.2) is 0 Å². The summed E-state index contributed by atoms with van der Waals surface area (Å²) in [6.07, 6.45) is 0. The van der Waals surface area contributed by atoms with Gasteiger partial charge in [-0.3, -0.25) is 4.79 Å². The predicted molar refractivity (Wildman–Crippen MR) is 120 cm³/mol. The Hall–Kier alpha value is -2.60. The fourth-order valence-corrected chi connectivity index (χ4v) is 3.67. The average Bonchev–Trinajstić information content (AvgIpc) is 3.03. The molecule has 1 amide bonds. The standard InChI is InChI=1S/C23H28N4OS/c1-15-7-12-19(13-16(15)2)24-20(28)14-29-22-26-25-21(27(22)6)17-8-10-18(11-9-17)23(3,4)5/h7-13H,14H2,1-6H3,(H,24,28). The van der Waals surface area contributed by atoms with Crippen molar-refractivity contribution in [3.8, 4) is 11.4 Å². The molecule has 1 aromatic heterocycles. The van der Waals surface area contributed by atoms with Crippen LogP contribution in [0.3, 0.4) is 0 Å². The van der Waals surface area contributed by atoms with E-state index in [9.17, 15) is 4.79 Å². The number of anilines is 1. The molecular formula is C23H28N4OS. The molecule has 3 rings (SSSR count). The molecular weight excluding hydrogens is 380 g/mol. The summed E-state index contributed by atoms with van der Waals surface area (Å²) in [5.41, 5.74) is 5.59. The third-order valence-corrected chi connectivity index (χ3v) is 5.99. The Balaban J connectivity index is 1.65. The van der Waals surface area contributed by atoms with Gasteiger partial charge in [-0.2, -0.15) is 0 Å². The van der Waals surface area contributed by atoms with Gasteiger partial charge in [0.1, 0.15) is 0 Å². The van der Waals surface area contributed by atoms with Crippen molar-refractivity contribution in [2.45, 2.75) is 45.2 Å². The molecule has 0 spiro atoms. The summed E-state index contributed by atoms with van der Waals surface area (Å²) in [5.74, 6) is 1.02. The molecule has 0 aliphatic carbocycles. The van der Waals surface area contributed by atoms with Gasteiger partial charge >= 0.3 is 0 Å². The minimum atomic E-state index is -0.0580. The lowest BCUT2D eigenvalue weighted by Gasteiger charge is -2.19. The highest BCUT2D eigenvalue weighted by Gasteiger charge is 2.16. The number of carbonyl (C=O) groups is 1. The smallest absolute Gasteiger partial charge is 0.234 e. The zero-order chi connectivity index (χ0) is 21.2. The summed E-state index contributed by atoms with van der Waals surface area (Å²) < 4.78 is 1.93. The van der Waals surface area contributed by atoms with E-state index >= 15 is 0 Å². The van der Waals surface area contributed by atoms with Crippen molar-refractivity contribution in [3.05, 3.63) is 59.2 Å². The molecule has 152 valence electrons. The Kier molecular flexibility index (Phi) is 6.13. The molecule has 0 unspecified atom stereocenters. The Labute approximate surface area is 176 Å². The molecule has 5 nitrogen and oxygen atoms in total. The van der Waals surface area contributed by atoms with E-state index in [4.69, 9.17) is 0 Å². The van der Waals surface area contributed by atoms with E-state index in [-0.39, 0.29) is 17.1 Å². The largest absolute Gasteiger partial charge is 0.325 e. The molecule has 0 aliphatic rings. The van der Waals surface area contributed by atoms with Crippen LogP contribution >= 0.6 is 11.8 Å². The first-order valence-corrected chi connectivity index (χ1v) is 10.6. The number of carbonyl (C=O) groups excluding carboxylic acids is 1. The maximum absolute atomic E-state index is 12.3. The zero-order valence-electron chi connectivity index (χ0n) is 17.9. The van der Waals surface area contributed by atoms with Crippen LogP contribution in [-0.2, 0) is 17.3 Å². The van der Waals surface area contributed by atoms with Gasteiger partial charge in [-0.05, 0) is 48.1 Å². The fourth-order valence-electron chi connectivity index (χ4n) is 2.96. The third kappa shape index (κ3) is 5.07. The van der Waals surface area contributed by atoms with E-state index in [1.165, 1.54) is 22.9 Å². The molecule has 0 bridgehead atoms. The van der Waals surface area contributed by atoms with Crippen LogP contribution in [0.15, 0.2) is 47.6 Å². The van der Waals surface area contributed by atoms with Crippen LogP contribution in [0.4, 0.5) is 5.69 Å². The number of nitrogens with zero attached hydrogens (tertiary/aromatic N) is 3. The van der Waals surface area contributed by atoms with Gasteiger partial charge in [0, 0.05) is 18.3 Å². The maximum atomic E-state index is 12.3. The summed E-state index contributed by atoms with van der Waals surface area (Å²) in [5, 5.41) is 12.2. The van der Waals surface area contributed by atoms with Crippen molar-refractivity contribution in [1.29, 1.82) is 0 Å². The van der Waals surface area contributed by atoms with Crippen molar-refractivity contribution < 1.29 is 4.79 Å². The Morgan fingerprint density at radius 3 is 2.34 bits per heavy atom. The Morgan fingerprint density at radius 2 is 1.72 bits per heavy atom. The summed E-state index contributed by atoms with van der Waals surface area (Å²) in [6.45, 7) is 10.7. The van der Waals surface area contributed by atoms with Gasteiger partial charge in [0.2, 0.25) is 5.91 Å². The maximum Gasteiger partial charge on any atom is 0.234 e. The molecule has 1 heterocycles. The number of aromatic nitrogens is 3. The van der Waals surface area contributed by atoms with Gasteiger partial charge in [-0.1, -0.05) is 62.9 Å². The SMILES string of the molecule is Cc1ccc(NC(=O)CSc2nnc(-c3ccc(C(C)(C)C)cc3)n2C)cc1C. The number of benzene rings is 2. The highest BCUT2D eigenvalue weighted by Crippen LogP contribution is 2.27. The molecule has 0 aliphatic heterocycles. The lowest BCUT2D eigenvalue weighted by Crippen LogP contribution is -2.14. The lowest BCUT2D eigenvalue weighted by molar-refractivity contribution is -0.113. The molecule has 0 fully saturated rings. The molecule has 1 N–H and O–H groups in total. The van der Waals surface area contributed by atoms with Crippen LogP contribution in [0.5, 0.6) is 0 Å². The van der Waals surface area contributed by atoms with Crippen LogP contribution in [0, 0.1) is 13.8 Å². The fraction of sp³-hybridized carbons (Fsp3) is 0.348. The average molecular weight is 409 g/mol. The van der Waals surface area contributed by atoms with E-state index in [0.717, 1.165) is 27.8 Å². The van der Waals surface area contributed by atoms with Gasteiger partial charge in [-0.15, -0.1) is 10.2 Å². The number of hydrogen-bond acceptors (Lipinski definition) is 4. The first-order valence-electron chi connectivity index (χ1n) is 9.65. The normalized spacial score (nSPS) is 11.5. The van der Waals surface area contributed by atoms with Crippen molar-refractivity contribution >= 4 is 23.4 Å². The van der Waals surface area contributed by atoms with E-state index in [1.54, 1.807) is 0 Å². The second-order valence-electron chi connectivity index (χ2n) is 8.33. The van der Waals surface area contributed by atoms with Crippen LogP contribution in [-0.4, -0.2) is 26.4 Å². The first-order chi connectivity index (χ1) is 13.6. The third-order valence-electron chi connectivity index (χ3n) is 4.97. The van der Waals surface area contributed by atoms with Crippen LogP contribution in [0.2, 0.25) is 0 Å². The quantitative estimate of drug-likeness (QED) is 0.595. The van der Waals surface area contributed by atoms with E-state index in [1.807, 2.05) is 36.7 Å². The molecule has 0 saturated heterocycles. The van der Waals surface area contributed by atoms with Crippen LogP contribution < -0.4 is 5.32 Å². The molecule has 3 aromatic rings. The molecule has 29 heavy (non-hydrogen) atoms. The second kappa shape index (κ2) is 8.41. The number of nitrogens with one attached hydrogen (secondary N) is 1. The number of rotatable bonds is 5.